The van der Waals surface area contributed by atoms with Gasteiger partial charge in [-0.25, -0.2) is 9.97 Å². The maximum atomic E-state index is 8.58. The molecule has 0 saturated carbocycles. The Bertz CT molecular complexity index is 3300. The lowest BCUT2D eigenvalue weighted by Crippen LogP contribution is -2.08. The van der Waals surface area contributed by atoms with Gasteiger partial charge < -0.3 is 47.9 Å². The molecule has 0 amide bonds. The van der Waals surface area contributed by atoms with E-state index < -0.39 is 0 Å². The van der Waals surface area contributed by atoms with Crippen LogP contribution in [0.1, 0.15) is 22.8 Å². The second-order valence-corrected chi connectivity index (χ2v) is 18.3. The van der Waals surface area contributed by atoms with Crippen molar-refractivity contribution in [2.24, 2.45) is 20.5 Å². The van der Waals surface area contributed by atoms with E-state index in [9.17, 15) is 0 Å². The molecule has 24 heteroatoms. The highest BCUT2D eigenvalue weighted by molar-refractivity contribution is 6.00. The van der Waals surface area contributed by atoms with Crippen LogP contribution in [0.5, 0.6) is 23.0 Å². The number of nitrogens with zero attached hydrogens (tertiary/aromatic N) is 14. The molecule has 9 rings (SSSR count). The first-order chi connectivity index (χ1) is 41.5. The molecule has 0 radical (unpaired) electrons. The first-order valence-corrected chi connectivity index (χ1v) is 27.0. The van der Waals surface area contributed by atoms with E-state index in [0.717, 1.165) is 66.6 Å². The number of ether oxygens (including phenoxy) is 8. The molecule has 0 saturated heterocycles. The van der Waals surface area contributed by atoms with Crippen molar-refractivity contribution in [3.8, 4) is 67.5 Å². The molecule has 3 aromatic heterocycles. The number of aromatic nitrogens is 4. The first kappa shape index (κ1) is 58.4. The van der Waals surface area contributed by atoms with Crippen LogP contribution in [0.4, 0.5) is 0 Å². The van der Waals surface area contributed by atoms with Gasteiger partial charge in [0.2, 0.25) is 0 Å². The minimum absolute atomic E-state index is 0.244. The predicted molar refractivity (Wildman–Crippen MR) is 322 cm³/mol. The van der Waals surface area contributed by atoms with Crippen molar-refractivity contribution in [3.05, 3.63) is 186 Å². The van der Waals surface area contributed by atoms with Crippen LogP contribution in [0.3, 0.4) is 0 Å². The molecule has 426 valence electrons. The summed E-state index contributed by atoms with van der Waals surface area (Å²) in [6.45, 7) is 4.69. The van der Waals surface area contributed by atoms with E-state index in [-0.39, 0.29) is 26.2 Å². The number of aromatic amines is 2. The molecule has 0 fully saturated rings. The topological polar surface area (TPSA) is 326 Å². The highest BCUT2D eigenvalue weighted by Gasteiger charge is 2.20. The quantitative estimate of drug-likeness (QED) is 0.0174. The van der Waals surface area contributed by atoms with Gasteiger partial charge in [0.1, 0.15) is 49.4 Å². The van der Waals surface area contributed by atoms with Crippen LogP contribution in [0.15, 0.2) is 142 Å². The van der Waals surface area contributed by atoms with Gasteiger partial charge in [-0.15, -0.1) is 0 Å². The minimum atomic E-state index is 0.244. The maximum absolute atomic E-state index is 8.58. The zero-order chi connectivity index (χ0) is 58.0. The average molecular weight is 1130 g/mol. The van der Waals surface area contributed by atoms with Gasteiger partial charge in [-0.05, 0) is 141 Å². The fraction of sp³-hybridized carbons (Fsp3) is 0.267. The molecule has 0 spiro atoms. The SMILES string of the molecule is [N-]=[N+]=NCCOCCOc1ccc(-c2c3nc(c(-c4ccc(OCCOCCN=[N+]=[N-])cc4)c4ccc([nH]4)c(-c4ccc(OCCOCCN=[N+]=[N-])cc4)c4nc(c(-c5ccc(OCCOCCN=[N+]=[N-])cc5)c5ccc2[nH]5)C=C4)C=C3)cc1. The summed E-state index contributed by atoms with van der Waals surface area (Å²) in [4.78, 5) is 29.6. The lowest BCUT2D eigenvalue weighted by atomic mass is 10.0. The van der Waals surface area contributed by atoms with E-state index in [2.05, 4.69) is 74.3 Å². The smallest absolute Gasteiger partial charge is 0.119 e. The Balaban J connectivity index is 1.17. The third-order valence-corrected chi connectivity index (χ3v) is 12.9. The number of rotatable bonds is 32. The predicted octanol–water partition coefficient (Wildman–Crippen LogP) is 14.1. The lowest BCUT2D eigenvalue weighted by Gasteiger charge is -2.10. The minimum Gasteiger partial charge on any atom is -0.491 e. The summed E-state index contributed by atoms with van der Waals surface area (Å²) in [5.74, 6) is 2.61. The Hall–Kier alpha value is -10.2. The molecule has 24 nitrogen and oxygen atoms in total. The Morgan fingerprint density at radius 3 is 0.738 bits per heavy atom. The Morgan fingerprint density at radius 1 is 0.298 bits per heavy atom. The van der Waals surface area contributed by atoms with Gasteiger partial charge in [0.05, 0.1) is 75.6 Å². The lowest BCUT2D eigenvalue weighted by molar-refractivity contribution is 0.106. The van der Waals surface area contributed by atoms with E-state index >= 15 is 0 Å². The van der Waals surface area contributed by atoms with Crippen molar-refractivity contribution in [3.63, 3.8) is 0 Å². The molecule has 7 aromatic rings. The molecular formula is C60H58N16O8. The van der Waals surface area contributed by atoms with Gasteiger partial charge >= 0.3 is 0 Å². The van der Waals surface area contributed by atoms with E-state index in [1.54, 1.807) is 0 Å². The molecular weight excluding hydrogens is 1070 g/mol. The molecule has 0 unspecified atom stereocenters. The highest BCUT2D eigenvalue weighted by atomic mass is 16.5. The zero-order valence-electron chi connectivity index (χ0n) is 45.7. The summed E-state index contributed by atoms with van der Waals surface area (Å²) >= 11 is 0. The van der Waals surface area contributed by atoms with E-state index in [4.69, 9.17) is 70.0 Å². The van der Waals surface area contributed by atoms with E-state index in [0.29, 0.717) is 125 Å². The molecule has 0 aliphatic carbocycles. The van der Waals surface area contributed by atoms with Crippen molar-refractivity contribution in [2.45, 2.75) is 0 Å². The standard InChI is InChI=1S/C60H58N16O8/c61-73-65-25-29-77-33-37-81-45-9-1-41(2-10-45)57-49-17-19-51(69-49)58(42-3-11-46(12-4-42)82-38-34-78-30-26-66-74-62)53-21-23-55(71-53)60(44-7-15-48(16-8-44)84-40-36-80-32-28-68-76-64)56-24-22-54(72-56)59(52-20-18-50(57)70-52)43-5-13-47(14-6-43)83-39-35-79-31-27-67-75-63/h1-24,69,72H,25-40H2. The second kappa shape index (κ2) is 31.1. The van der Waals surface area contributed by atoms with Gasteiger partial charge in [0.15, 0.2) is 0 Å². The van der Waals surface area contributed by atoms with Gasteiger partial charge in [-0.1, -0.05) is 69.0 Å². The molecule has 84 heavy (non-hydrogen) atoms. The van der Waals surface area contributed by atoms with Crippen LogP contribution in [-0.4, -0.2) is 125 Å². The normalized spacial score (nSPS) is 11.2. The number of azide groups is 4. The molecule has 2 aliphatic rings. The molecule has 8 bridgehead atoms. The Morgan fingerprint density at radius 2 is 0.524 bits per heavy atom. The summed E-state index contributed by atoms with van der Waals surface area (Å²) in [5.41, 5.74) is 47.3. The fourth-order valence-corrected chi connectivity index (χ4v) is 9.17. The number of H-pyrrole nitrogens is 2. The van der Waals surface area contributed by atoms with Gasteiger partial charge in [0, 0.05) is 90.1 Å². The highest BCUT2D eigenvalue weighted by Crippen LogP contribution is 2.39. The largest absolute Gasteiger partial charge is 0.491 e. The summed E-state index contributed by atoms with van der Waals surface area (Å²) in [7, 11) is 0. The zero-order valence-corrected chi connectivity index (χ0v) is 45.7. The van der Waals surface area contributed by atoms with Crippen LogP contribution >= 0.6 is 0 Å². The number of hydrogen-bond donors (Lipinski definition) is 2. The number of nitrogens with one attached hydrogen (secondary N) is 2. The average Bonchev–Trinajstić information content (AvgIpc) is 3.21. The van der Waals surface area contributed by atoms with Crippen molar-refractivity contribution in [1.29, 1.82) is 0 Å². The summed E-state index contributed by atoms with van der Waals surface area (Å²) in [6, 6.07) is 39.6. The van der Waals surface area contributed by atoms with Gasteiger partial charge in [0.25, 0.3) is 0 Å². The number of fused-ring (bicyclic) bond motifs is 8. The second-order valence-electron chi connectivity index (χ2n) is 18.3. The van der Waals surface area contributed by atoms with Crippen molar-refractivity contribution < 1.29 is 37.9 Å². The Kier molecular flexibility index (Phi) is 21.6. The van der Waals surface area contributed by atoms with Crippen LogP contribution in [0, 0.1) is 0 Å². The van der Waals surface area contributed by atoms with Crippen molar-refractivity contribution in [1.82, 2.24) is 19.9 Å². The molecule has 2 N–H and O–H groups in total. The number of benzene rings is 4. The van der Waals surface area contributed by atoms with Crippen molar-refractivity contribution >= 4 is 46.4 Å². The van der Waals surface area contributed by atoms with Crippen LogP contribution in [-0.2, 0) is 18.9 Å². The monoisotopic (exact) mass is 1130 g/mol. The van der Waals surface area contributed by atoms with E-state index in [1.807, 2.05) is 121 Å². The summed E-state index contributed by atoms with van der Waals surface area (Å²) in [6.07, 6.45) is 8.11. The summed E-state index contributed by atoms with van der Waals surface area (Å²) < 4.78 is 46.4. The first-order valence-electron chi connectivity index (χ1n) is 27.0. The molecule has 2 aliphatic heterocycles. The molecule has 5 heterocycles. The van der Waals surface area contributed by atoms with Crippen LogP contribution in [0.25, 0.3) is 133 Å². The van der Waals surface area contributed by atoms with Gasteiger partial charge in [-0.3, -0.25) is 0 Å². The van der Waals surface area contributed by atoms with Crippen molar-refractivity contribution in [2.75, 3.05) is 105 Å². The molecule has 4 aromatic carbocycles. The fourth-order valence-electron chi connectivity index (χ4n) is 9.17. The van der Waals surface area contributed by atoms with Crippen LogP contribution in [0.2, 0.25) is 0 Å². The maximum Gasteiger partial charge on any atom is 0.119 e. The Labute approximate surface area is 481 Å². The third-order valence-electron chi connectivity index (χ3n) is 12.9. The summed E-state index contributed by atoms with van der Waals surface area (Å²) in [5, 5.41) is 14.1. The van der Waals surface area contributed by atoms with Gasteiger partial charge in [-0.2, -0.15) is 0 Å². The third kappa shape index (κ3) is 16.0. The van der Waals surface area contributed by atoms with E-state index in [1.165, 1.54) is 0 Å². The van der Waals surface area contributed by atoms with Crippen LogP contribution < -0.4 is 18.9 Å². The number of hydrogen-bond acceptors (Lipinski definition) is 14. The molecule has 0 atom stereocenters.